The molecule has 10 heteroatoms. The molecule has 80 heavy (non-hydrogen) atoms. The molecule has 10 rings (SSSR count). The molecule has 0 unspecified atom stereocenters. The number of ether oxygens (including phenoxy) is 1. The molecule has 8 aliphatic rings. The molecule has 0 bridgehead atoms. The van der Waals surface area contributed by atoms with E-state index in [1.165, 1.54) is 127 Å². The van der Waals surface area contributed by atoms with Crippen LogP contribution in [0.2, 0.25) is 0 Å². The maximum absolute atomic E-state index is 12.4. The van der Waals surface area contributed by atoms with Gasteiger partial charge in [0.05, 0.1) is 6.10 Å². The maximum atomic E-state index is 12.4. The fourth-order valence-electron chi connectivity index (χ4n) is 16.9. The number of unbranched alkanes of at least 4 members (excludes halogenated alkanes) is 6. The molecular weight excluding hydrogens is 1050 g/mol. The highest BCUT2D eigenvalue weighted by atomic mass is 35.6. The summed E-state index contributed by atoms with van der Waals surface area (Å²) >= 11 is 14.4. The number of fused-ring (bicyclic) bond motifs is 10. The summed E-state index contributed by atoms with van der Waals surface area (Å²) in [6.07, 6.45) is 45.0. The van der Waals surface area contributed by atoms with Gasteiger partial charge in [-0.2, -0.15) is 0 Å². The zero-order valence-electron chi connectivity index (χ0n) is 51.4. The van der Waals surface area contributed by atoms with Crippen LogP contribution in [0.5, 0.6) is 0 Å². The Bertz CT molecular complexity index is 2360. The van der Waals surface area contributed by atoms with Crippen molar-refractivity contribution in [3.8, 4) is 0 Å². The molecule has 2 heterocycles. The summed E-state index contributed by atoms with van der Waals surface area (Å²) in [4.78, 5) is 34.0. The van der Waals surface area contributed by atoms with Crippen molar-refractivity contribution in [2.45, 2.75) is 240 Å². The standard InChI is InChI=1S/C31H43NO2.C24H31NO.C8H16O.C6H15N.CHCl3/c1-4-5-6-7-10-29(33)34-24-15-17-30(2)23(20-24)11-12-25-27-14-13-26(22-9-8-19-32-21-22)31(27,3)18-16-28(25)30;1-23-11-9-18(26)14-17(23)5-6-19-21-8-7-20(16-4-3-13-25-15-16)24(21,2)12-10-22(19)23;1-3-4-5-6-7-8(2)9;1-4-7(5-2)6-3;2-1(3)4/h8-9,11,13,19,21,24-25,27-28H,4-7,10,12,14-18,20H2,1-3H3;3-5,7,13,15,18-19,21-22,26H,6,8-12,14H2,1-2H3;3-7H2,1-2H3;4-6H2,1-3H3;1H/t24-,25-,27-,28-,30-,31+;18-,19-,21-,22-,23-,24+;;;/m00.../s1. The summed E-state index contributed by atoms with van der Waals surface area (Å²) in [6.45, 7) is 26.2. The fraction of sp³-hybridized carbons (Fsp3) is 0.714. The lowest BCUT2D eigenvalue weighted by molar-refractivity contribution is -0.151. The molecule has 12 atom stereocenters. The number of aliphatic hydroxyl groups excluding tert-OH is 1. The molecule has 0 aromatic carbocycles. The Kier molecular flexibility index (Phi) is 26.0. The Morgan fingerprint density at radius 1 is 0.600 bits per heavy atom. The average Bonchev–Trinajstić information content (AvgIpc) is 4.10. The second-order valence-corrected chi connectivity index (χ2v) is 28.0. The van der Waals surface area contributed by atoms with Gasteiger partial charge in [-0.05, 0) is 214 Å². The Labute approximate surface area is 501 Å². The summed E-state index contributed by atoms with van der Waals surface area (Å²) in [5, 5.41) is 10.2. The van der Waals surface area contributed by atoms with Gasteiger partial charge in [0.15, 0.2) is 4.30 Å². The van der Waals surface area contributed by atoms with Crippen molar-refractivity contribution in [1.29, 1.82) is 0 Å². The van der Waals surface area contributed by atoms with Gasteiger partial charge in [-0.3, -0.25) is 14.8 Å². The van der Waals surface area contributed by atoms with E-state index in [9.17, 15) is 14.7 Å². The number of halogens is 3. The number of hydrogen-bond donors (Lipinski definition) is 1. The Morgan fingerprint density at radius 2 is 1.05 bits per heavy atom. The van der Waals surface area contributed by atoms with E-state index in [0.717, 1.165) is 86.9 Å². The largest absolute Gasteiger partial charge is 0.462 e. The molecular formula is C70H106Cl3N3O4. The first-order valence-electron chi connectivity index (χ1n) is 32.0. The average molecular weight is 1160 g/mol. The summed E-state index contributed by atoms with van der Waals surface area (Å²) in [6, 6.07) is 8.63. The molecule has 0 amide bonds. The molecule has 0 saturated heterocycles. The highest BCUT2D eigenvalue weighted by Gasteiger charge is 2.58. The molecule has 4 saturated carbocycles. The second-order valence-electron chi connectivity index (χ2n) is 26.1. The van der Waals surface area contributed by atoms with Crippen LogP contribution in [0.4, 0.5) is 0 Å². The lowest BCUT2D eigenvalue weighted by Gasteiger charge is -2.57. The Hall–Kier alpha value is -2.81. The number of Topliss-reactive ketones (excluding diaryl/α,β-unsaturated/α-hetero) is 1. The number of esters is 1. The molecule has 0 aliphatic heterocycles. The smallest absolute Gasteiger partial charge is 0.306 e. The van der Waals surface area contributed by atoms with E-state index >= 15 is 0 Å². The van der Waals surface area contributed by atoms with E-state index in [1.54, 1.807) is 29.2 Å². The van der Waals surface area contributed by atoms with E-state index in [2.05, 4.69) is 132 Å². The third-order valence-corrected chi connectivity index (χ3v) is 21.5. The number of aliphatic hydroxyl groups is 1. The van der Waals surface area contributed by atoms with Crippen molar-refractivity contribution >= 4 is 57.7 Å². The minimum absolute atomic E-state index is 0.0207. The minimum atomic E-state index is -0.750. The van der Waals surface area contributed by atoms with E-state index in [-0.39, 0.29) is 29.0 Å². The summed E-state index contributed by atoms with van der Waals surface area (Å²) < 4.78 is 5.21. The SMILES string of the molecule is CCCCCCC(=O)O[C@H]1CC[C@@]2(C)C(=CC[C@@H]3[C@@H]2CC[C@]2(C)C(c4cccnc4)=CC[C@@H]32)C1.CCCCCCC(C)=O.CCN(CC)CC.C[C@]12CC[C@H](O)CC1=CC[C@@H]1[C@@H]2CC[C@]2(C)C(c3cccnc3)=CC[C@@H]12.ClC(Cl)Cl. The van der Waals surface area contributed by atoms with Crippen LogP contribution in [-0.4, -0.2) is 67.9 Å². The first-order valence-corrected chi connectivity index (χ1v) is 33.3. The molecule has 0 spiro atoms. The molecule has 2 aromatic heterocycles. The van der Waals surface area contributed by atoms with Crippen LogP contribution in [0.25, 0.3) is 11.1 Å². The Balaban J connectivity index is 0.000000196. The van der Waals surface area contributed by atoms with E-state index in [0.29, 0.717) is 23.0 Å². The van der Waals surface area contributed by atoms with Crippen molar-refractivity contribution in [2.75, 3.05) is 19.6 Å². The molecule has 2 aromatic rings. The number of hydrogen-bond acceptors (Lipinski definition) is 7. The first kappa shape index (κ1) is 66.3. The van der Waals surface area contributed by atoms with Gasteiger partial charge in [0, 0.05) is 44.0 Å². The number of carbonyl (C=O) groups excluding carboxylic acids is 2. The number of aromatic nitrogens is 2. The van der Waals surface area contributed by atoms with Crippen molar-refractivity contribution in [3.63, 3.8) is 0 Å². The summed E-state index contributed by atoms with van der Waals surface area (Å²) in [5.41, 5.74) is 10.1. The number of allylic oxidation sites excluding steroid dienone is 6. The zero-order valence-corrected chi connectivity index (χ0v) is 53.6. The van der Waals surface area contributed by atoms with Gasteiger partial charge >= 0.3 is 5.97 Å². The molecule has 7 nitrogen and oxygen atoms in total. The van der Waals surface area contributed by atoms with Crippen LogP contribution in [0.3, 0.4) is 0 Å². The predicted molar refractivity (Wildman–Crippen MR) is 337 cm³/mol. The van der Waals surface area contributed by atoms with Crippen LogP contribution in [-0.2, 0) is 14.3 Å². The van der Waals surface area contributed by atoms with Gasteiger partial charge in [0.1, 0.15) is 11.9 Å². The molecule has 0 radical (unpaired) electrons. The molecule has 446 valence electrons. The van der Waals surface area contributed by atoms with Crippen LogP contribution in [0.15, 0.2) is 84.5 Å². The van der Waals surface area contributed by atoms with Crippen molar-refractivity contribution in [2.24, 2.45) is 57.2 Å². The first-order chi connectivity index (χ1) is 38.3. The van der Waals surface area contributed by atoms with Crippen molar-refractivity contribution < 1.29 is 19.4 Å². The second kappa shape index (κ2) is 31.4. The van der Waals surface area contributed by atoms with Gasteiger partial charge in [-0.15, -0.1) is 0 Å². The third kappa shape index (κ3) is 16.3. The van der Waals surface area contributed by atoms with Gasteiger partial charge in [-0.1, -0.05) is 183 Å². The van der Waals surface area contributed by atoms with Crippen molar-refractivity contribution in [1.82, 2.24) is 14.9 Å². The fourth-order valence-corrected chi connectivity index (χ4v) is 16.9. The van der Waals surface area contributed by atoms with Crippen molar-refractivity contribution in [3.05, 3.63) is 95.6 Å². The van der Waals surface area contributed by atoms with Crippen LogP contribution < -0.4 is 0 Å². The van der Waals surface area contributed by atoms with Crippen LogP contribution in [0.1, 0.15) is 234 Å². The summed E-state index contributed by atoms with van der Waals surface area (Å²) in [5.74, 6) is 4.96. The number of carbonyl (C=O) groups is 2. The number of alkyl halides is 3. The highest BCUT2D eigenvalue weighted by molar-refractivity contribution is 6.63. The number of pyridine rings is 2. The Morgan fingerprint density at radius 3 is 1.48 bits per heavy atom. The van der Waals surface area contributed by atoms with E-state index in [1.807, 2.05) is 18.6 Å². The third-order valence-electron chi connectivity index (χ3n) is 21.5. The minimum Gasteiger partial charge on any atom is -0.462 e. The van der Waals surface area contributed by atoms with E-state index in [4.69, 9.17) is 39.5 Å². The zero-order chi connectivity index (χ0) is 58.1. The van der Waals surface area contributed by atoms with E-state index < -0.39 is 4.30 Å². The van der Waals surface area contributed by atoms with Crippen LogP contribution in [0, 0.1) is 57.2 Å². The summed E-state index contributed by atoms with van der Waals surface area (Å²) in [7, 11) is 0. The topological polar surface area (TPSA) is 92.6 Å². The molecule has 8 aliphatic carbocycles. The van der Waals surface area contributed by atoms with Crippen LogP contribution >= 0.6 is 34.8 Å². The predicted octanol–water partition coefficient (Wildman–Crippen LogP) is 19.2. The number of rotatable bonds is 16. The lowest BCUT2D eigenvalue weighted by Crippen LogP contribution is -2.50. The highest BCUT2D eigenvalue weighted by Crippen LogP contribution is 2.68. The number of nitrogens with zero attached hydrogens (tertiary/aromatic N) is 3. The quantitative estimate of drug-likeness (QED) is 0.0775. The normalized spacial score (nSPS) is 32.4. The monoisotopic (exact) mass is 1160 g/mol. The van der Waals surface area contributed by atoms with Gasteiger partial charge in [0.25, 0.3) is 0 Å². The van der Waals surface area contributed by atoms with Gasteiger partial charge in [-0.25, -0.2) is 0 Å². The molecule has 1 N–H and O–H groups in total. The van der Waals surface area contributed by atoms with Gasteiger partial charge in [0.2, 0.25) is 0 Å². The molecule has 4 fully saturated rings. The maximum Gasteiger partial charge on any atom is 0.306 e. The van der Waals surface area contributed by atoms with Gasteiger partial charge < -0.3 is 19.5 Å². The lowest BCUT2D eigenvalue weighted by atomic mass is 9.47. The number of ketones is 1.